The number of anilines is 1. The first kappa shape index (κ1) is 39.5. The van der Waals surface area contributed by atoms with Crippen molar-refractivity contribution < 1.29 is 35.9 Å². The van der Waals surface area contributed by atoms with Crippen LogP contribution >= 0.6 is 15.9 Å². The lowest BCUT2D eigenvalue weighted by Gasteiger charge is -2.60. The van der Waals surface area contributed by atoms with E-state index in [1.165, 1.54) is 32.4 Å². The molecule has 0 radical (unpaired) electrons. The SMILES string of the molecule is C[C@H]1Cn2c(c(C(=O)NCc3ccccc3-c3ccn(CC(F)(F)F)n3)n(-c3ccc(N4CC5(CN(C)C5)C4)cc3)c2=O)CN1C(=O)c1ccc(Br)c(C(F)(F)F)c1. The first-order chi connectivity index (χ1) is 27.4. The number of aromatic nitrogens is 4. The zero-order valence-electron chi connectivity index (χ0n) is 31.2. The molecule has 3 aliphatic heterocycles. The Morgan fingerprint density at radius 1 is 0.931 bits per heavy atom. The van der Waals surface area contributed by atoms with Gasteiger partial charge < -0.3 is 20.0 Å². The minimum atomic E-state index is -4.73. The quantitative estimate of drug-likeness (QED) is 0.177. The first-order valence-electron chi connectivity index (χ1n) is 18.4. The Morgan fingerprint density at radius 2 is 1.62 bits per heavy atom. The van der Waals surface area contributed by atoms with Gasteiger partial charge >= 0.3 is 18.0 Å². The summed E-state index contributed by atoms with van der Waals surface area (Å²) in [6.07, 6.45) is -7.99. The van der Waals surface area contributed by atoms with Gasteiger partial charge in [0.25, 0.3) is 11.8 Å². The number of hydrogen-bond donors (Lipinski definition) is 1. The van der Waals surface area contributed by atoms with Crippen molar-refractivity contribution in [2.45, 2.75) is 51.5 Å². The molecule has 3 aliphatic rings. The van der Waals surface area contributed by atoms with Gasteiger partial charge in [-0.2, -0.15) is 31.4 Å². The second-order valence-electron chi connectivity index (χ2n) is 15.4. The molecule has 1 spiro atoms. The molecule has 0 unspecified atom stereocenters. The van der Waals surface area contributed by atoms with Crippen molar-refractivity contribution in [2.75, 3.05) is 38.1 Å². The van der Waals surface area contributed by atoms with Crippen molar-refractivity contribution >= 4 is 33.4 Å². The van der Waals surface area contributed by atoms with Gasteiger partial charge in [-0.25, -0.2) is 4.79 Å². The highest BCUT2D eigenvalue weighted by molar-refractivity contribution is 9.10. The lowest BCUT2D eigenvalue weighted by Crippen LogP contribution is -2.71. The van der Waals surface area contributed by atoms with Gasteiger partial charge in [-0.15, -0.1) is 0 Å². The number of likely N-dealkylation sites (tertiary alicyclic amines) is 1. The van der Waals surface area contributed by atoms with Gasteiger partial charge in [-0.3, -0.25) is 23.4 Å². The van der Waals surface area contributed by atoms with Crippen LogP contribution in [0.3, 0.4) is 0 Å². The van der Waals surface area contributed by atoms with Crippen LogP contribution in [0.1, 0.15) is 44.6 Å². The van der Waals surface area contributed by atoms with Gasteiger partial charge in [0.1, 0.15) is 12.2 Å². The Labute approximate surface area is 336 Å². The van der Waals surface area contributed by atoms with Crippen LogP contribution < -0.4 is 15.9 Å². The zero-order chi connectivity index (χ0) is 41.3. The third kappa shape index (κ3) is 7.42. The Morgan fingerprint density at radius 3 is 2.29 bits per heavy atom. The van der Waals surface area contributed by atoms with Gasteiger partial charge in [0.2, 0.25) is 0 Å². The topological polar surface area (TPSA) is 101 Å². The number of benzene rings is 3. The number of nitrogens with zero attached hydrogens (tertiary/aromatic N) is 7. The molecule has 2 aromatic heterocycles. The third-order valence-electron chi connectivity index (χ3n) is 11.0. The van der Waals surface area contributed by atoms with Crippen molar-refractivity contribution in [1.29, 1.82) is 0 Å². The van der Waals surface area contributed by atoms with Gasteiger partial charge in [0.05, 0.1) is 29.2 Å². The summed E-state index contributed by atoms with van der Waals surface area (Å²) in [6.45, 7) is 3.85. The smallest absolute Gasteiger partial charge is 0.370 e. The summed E-state index contributed by atoms with van der Waals surface area (Å²) in [5, 5.41) is 6.95. The van der Waals surface area contributed by atoms with Crippen LogP contribution in [-0.2, 0) is 32.4 Å². The van der Waals surface area contributed by atoms with Gasteiger partial charge in [0, 0.05) is 78.2 Å². The van der Waals surface area contributed by atoms with E-state index in [2.05, 4.69) is 43.2 Å². The molecule has 2 saturated heterocycles. The predicted molar refractivity (Wildman–Crippen MR) is 206 cm³/mol. The van der Waals surface area contributed by atoms with E-state index < -0.39 is 48.0 Å². The minimum Gasteiger partial charge on any atom is -0.370 e. The number of rotatable bonds is 8. The predicted octanol–water partition coefficient (Wildman–Crippen LogP) is 6.57. The van der Waals surface area contributed by atoms with E-state index in [0.717, 1.165) is 48.7 Å². The molecule has 3 aromatic carbocycles. The molecule has 0 saturated carbocycles. The number of fused-ring (bicyclic) bond motifs is 1. The number of halogens is 7. The average molecular weight is 872 g/mol. The summed E-state index contributed by atoms with van der Waals surface area (Å²) >= 11 is 2.92. The molecule has 11 nitrogen and oxygen atoms in total. The van der Waals surface area contributed by atoms with Crippen LogP contribution in [0.2, 0.25) is 0 Å². The van der Waals surface area contributed by atoms with E-state index in [-0.39, 0.29) is 52.2 Å². The number of amides is 2. The number of imidazole rings is 1. The second-order valence-corrected chi connectivity index (χ2v) is 16.3. The molecular weight excluding hydrogens is 834 g/mol. The number of carbonyl (C=O) groups is 2. The molecule has 5 heterocycles. The third-order valence-corrected chi connectivity index (χ3v) is 11.7. The summed E-state index contributed by atoms with van der Waals surface area (Å²) < 4.78 is 83.8. The Hall–Kier alpha value is -5.36. The zero-order valence-corrected chi connectivity index (χ0v) is 32.8. The number of nitrogens with one attached hydrogen (secondary N) is 1. The van der Waals surface area contributed by atoms with Crippen LogP contribution in [0.15, 0.2) is 88.3 Å². The molecule has 1 N–H and O–H groups in total. The highest BCUT2D eigenvalue weighted by atomic mass is 79.9. The van der Waals surface area contributed by atoms with E-state index in [0.29, 0.717) is 16.8 Å². The summed E-state index contributed by atoms with van der Waals surface area (Å²) in [4.78, 5) is 48.5. The second kappa shape index (κ2) is 14.5. The van der Waals surface area contributed by atoms with Gasteiger partial charge in [0.15, 0.2) is 0 Å². The molecular formula is C40H37BrF6N8O3. The maximum absolute atomic E-state index is 14.4. The van der Waals surface area contributed by atoms with Crippen molar-refractivity contribution in [1.82, 2.24) is 34.0 Å². The van der Waals surface area contributed by atoms with Gasteiger partial charge in [-0.05, 0) is 68.1 Å². The summed E-state index contributed by atoms with van der Waals surface area (Å²) in [5.74, 6) is -1.40. The highest BCUT2D eigenvalue weighted by Crippen LogP contribution is 2.41. The number of carbonyl (C=O) groups excluding carboxylic acids is 2. The molecule has 2 amide bonds. The maximum Gasteiger partial charge on any atom is 0.417 e. The van der Waals surface area contributed by atoms with Crippen LogP contribution in [0.4, 0.5) is 32.0 Å². The number of hydrogen-bond acceptors (Lipinski definition) is 6. The maximum atomic E-state index is 14.4. The van der Waals surface area contributed by atoms with Crippen LogP contribution in [0.25, 0.3) is 16.9 Å². The molecule has 304 valence electrons. The molecule has 58 heavy (non-hydrogen) atoms. The molecule has 2 fully saturated rings. The lowest BCUT2D eigenvalue weighted by molar-refractivity contribution is -0.142. The summed E-state index contributed by atoms with van der Waals surface area (Å²) in [7, 11) is 2.08. The standard InChI is InChI=1S/C40H37BrF6N8O3/c1-24-17-54-33(18-53(24)36(57)25-7-12-31(41)30(15-25)40(45,46)47)34(55(37(54)58)28-10-8-27(9-11-28)51-21-38(22-51)19-50(2)20-38)35(56)48-16-26-5-3-4-6-29(26)32-13-14-52(49-32)23-39(42,43)44/h3-15,24H,16-23H2,1-2H3,(H,48,56)/t24-/m0/s1. The van der Waals surface area contributed by atoms with Crippen molar-refractivity contribution in [2.24, 2.45) is 5.41 Å². The normalized spacial score (nSPS) is 17.8. The van der Waals surface area contributed by atoms with Crippen LogP contribution in [0.5, 0.6) is 0 Å². The average Bonchev–Trinajstić information content (AvgIpc) is 3.71. The fourth-order valence-corrected chi connectivity index (χ4v) is 8.89. The lowest BCUT2D eigenvalue weighted by atomic mass is 9.73. The minimum absolute atomic E-state index is 0.0400. The summed E-state index contributed by atoms with van der Waals surface area (Å²) in [5.41, 5.74) is 1.25. The molecule has 0 bridgehead atoms. The molecule has 1 atom stereocenters. The fraction of sp³-hybridized carbons (Fsp3) is 0.350. The Bertz CT molecular complexity index is 2460. The van der Waals surface area contributed by atoms with Crippen molar-refractivity contribution in [3.05, 3.63) is 122 Å². The molecule has 8 rings (SSSR count). The van der Waals surface area contributed by atoms with Crippen molar-refractivity contribution in [3.8, 4) is 16.9 Å². The monoisotopic (exact) mass is 870 g/mol. The van der Waals surface area contributed by atoms with Crippen molar-refractivity contribution in [3.63, 3.8) is 0 Å². The summed E-state index contributed by atoms with van der Waals surface area (Å²) in [6, 6.07) is 18.0. The molecule has 0 aliphatic carbocycles. The van der Waals surface area contributed by atoms with E-state index >= 15 is 0 Å². The molecule has 18 heteroatoms. The van der Waals surface area contributed by atoms with E-state index in [9.17, 15) is 40.7 Å². The van der Waals surface area contributed by atoms with Crippen LogP contribution in [0, 0.1) is 5.41 Å². The van der Waals surface area contributed by atoms with Gasteiger partial charge in [-0.1, -0.05) is 40.2 Å². The number of alkyl halides is 6. The largest absolute Gasteiger partial charge is 0.417 e. The first-order valence-corrected chi connectivity index (χ1v) is 19.2. The van der Waals surface area contributed by atoms with Crippen LogP contribution in [-0.4, -0.2) is 86.0 Å². The highest BCUT2D eigenvalue weighted by Gasteiger charge is 2.50. The van der Waals surface area contributed by atoms with E-state index in [1.807, 2.05) is 12.1 Å². The van der Waals surface area contributed by atoms with E-state index in [1.54, 1.807) is 43.3 Å². The fourth-order valence-electron chi connectivity index (χ4n) is 8.42. The Balaban J connectivity index is 1.12. The van der Waals surface area contributed by atoms with E-state index in [4.69, 9.17) is 0 Å². The Kier molecular flexibility index (Phi) is 9.85. The molecule has 5 aromatic rings.